The van der Waals surface area contributed by atoms with Gasteiger partial charge in [0.15, 0.2) is 0 Å². The number of halogens is 3. The molecule has 0 aromatic rings. The molecule has 0 aromatic carbocycles. The van der Waals surface area contributed by atoms with Crippen LogP contribution in [0.4, 0.5) is 4.79 Å². The molecule has 0 saturated carbocycles. The molecule has 0 fully saturated rings. The van der Waals surface area contributed by atoms with E-state index in [0.29, 0.717) is 4.05 Å². The molecule has 1 atom stereocenters. The fourth-order valence-corrected chi connectivity index (χ4v) is 1.79. The summed E-state index contributed by atoms with van der Waals surface area (Å²) < 4.78 is 2.11. The zero-order valence-electron chi connectivity index (χ0n) is 6.77. The zero-order valence-corrected chi connectivity index (χ0v) is 13.2. The van der Waals surface area contributed by atoms with E-state index in [2.05, 4.69) is 29.5 Å². The standard InChI is InChI=1S/C4H6I3NO.C2H6/c1-2-3(5)8(7)4(6)9;1-2/h3H,2H2,1H3;1-2H3. The maximum absolute atomic E-state index is 10.6. The largest absolute Gasteiger partial charge is 0.292 e. The minimum absolute atomic E-state index is 0.0921. The Kier molecular flexibility index (Phi) is 13.4. The van der Waals surface area contributed by atoms with Crippen molar-refractivity contribution in [3.63, 3.8) is 0 Å². The molecule has 0 aliphatic heterocycles. The molecule has 68 valence electrons. The van der Waals surface area contributed by atoms with Crippen LogP contribution in [0.25, 0.3) is 0 Å². The van der Waals surface area contributed by atoms with Gasteiger partial charge in [-0.25, -0.2) is 0 Å². The first-order valence-corrected chi connectivity index (χ1v) is 6.67. The molecule has 2 nitrogen and oxygen atoms in total. The molecule has 0 N–H and O–H groups in total. The van der Waals surface area contributed by atoms with E-state index in [0.717, 1.165) is 6.42 Å². The van der Waals surface area contributed by atoms with Crippen molar-refractivity contribution in [3.05, 3.63) is 0 Å². The minimum atomic E-state index is 0.0921. The second kappa shape index (κ2) is 9.75. The summed E-state index contributed by atoms with van der Waals surface area (Å²) in [6.07, 6.45) is 0.998. The summed E-state index contributed by atoms with van der Waals surface area (Å²) in [5.74, 6) is 0. The number of rotatable bonds is 2. The van der Waals surface area contributed by atoms with E-state index in [4.69, 9.17) is 0 Å². The van der Waals surface area contributed by atoms with Gasteiger partial charge in [-0.15, -0.1) is 0 Å². The minimum Gasteiger partial charge on any atom is -0.263 e. The van der Waals surface area contributed by atoms with Crippen LogP contribution in [-0.2, 0) is 0 Å². The van der Waals surface area contributed by atoms with Crippen molar-refractivity contribution in [2.75, 3.05) is 0 Å². The van der Waals surface area contributed by atoms with Crippen LogP contribution in [0.5, 0.6) is 0 Å². The maximum atomic E-state index is 10.6. The summed E-state index contributed by atoms with van der Waals surface area (Å²) in [7, 11) is 0. The van der Waals surface area contributed by atoms with Gasteiger partial charge < -0.3 is 0 Å². The Morgan fingerprint density at radius 1 is 1.55 bits per heavy atom. The highest BCUT2D eigenvalue weighted by Gasteiger charge is 2.13. The van der Waals surface area contributed by atoms with Crippen molar-refractivity contribution >= 4 is 72.0 Å². The number of hydrogen-bond donors (Lipinski definition) is 0. The molecule has 1 unspecified atom stereocenters. The summed E-state index contributed by atoms with van der Waals surface area (Å²) in [5.41, 5.74) is 0. The summed E-state index contributed by atoms with van der Waals surface area (Å²) >= 11 is 6.05. The molecule has 11 heavy (non-hydrogen) atoms. The Balaban J connectivity index is 0. The molecule has 0 aliphatic rings. The Hall–Kier alpha value is 1.66. The summed E-state index contributed by atoms with van der Waals surface area (Å²) in [5, 5.41) is 0. The van der Waals surface area contributed by atoms with E-state index in [9.17, 15) is 4.79 Å². The monoisotopic (exact) mass is 495 g/mol. The molecule has 0 rings (SSSR count). The van der Waals surface area contributed by atoms with Gasteiger partial charge in [0.2, 0.25) is 0 Å². The number of amides is 1. The van der Waals surface area contributed by atoms with Crippen molar-refractivity contribution in [2.45, 2.75) is 31.2 Å². The van der Waals surface area contributed by atoms with Gasteiger partial charge in [-0.3, -0.25) is 7.91 Å². The second-order valence-electron chi connectivity index (χ2n) is 1.41. The van der Waals surface area contributed by atoms with Crippen LogP contribution in [0.15, 0.2) is 0 Å². The number of hydrogen-bond acceptors (Lipinski definition) is 1. The van der Waals surface area contributed by atoms with Crippen LogP contribution in [0.1, 0.15) is 27.2 Å². The highest BCUT2D eigenvalue weighted by Crippen LogP contribution is 2.19. The van der Waals surface area contributed by atoms with Crippen molar-refractivity contribution in [1.82, 2.24) is 3.11 Å². The van der Waals surface area contributed by atoms with Crippen molar-refractivity contribution in [1.29, 1.82) is 0 Å². The molecule has 5 heteroatoms. The first-order chi connectivity index (χ1) is 5.09. The van der Waals surface area contributed by atoms with Gasteiger partial charge in [0, 0.05) is 22.6 Å². The number of alkyl halides is 1. The Labute approximate surface area is 110 Å². The van der Waals surface area contributed by atoms with Crippen LogP contribution in [0.3, 0.4) is 0 Å². The third-order valence-corrected chi connectivity index (χ3v) is 5.81. The smallest absolute Gasteiger partial charge is 0.263 e. The van der Waals surface area contributed by atoms with Gasteiger partial charge in [0.05, 0.1) is 26.9 Å². The lowest BCUT2D eigenvalue weighted by Gasteiger charge is -2.15. The second-order valence-corrected chi connectivity index (χ2v) is 4.81. The molecular weight excluding hydrogens is 483 g/mol. The van der Waals surface area contributed by atoms with E-state index in [-0.39, 0.29) is 3.91 Å². The van der Waals surface area contributed by atoms with Gasteiger partial charge in [0.1, 0.15) is 0 Å². The molecule has 1 amide bonds. The highest BCUT2D eigenvalue weighted by atomic mass is 127. The van der Waals surface area contributed by atoms with Crippen molar-refractivity contribution in [2.24, 2.45) is 0 Å². The lowest BCUT2D eigenvalue weighted by atomic mass is 10.5. The van der Waals surface area contributed by atoms with E-state index in [1.807, 2.05) is 36.7 Å². The lowest BCUT2D eigenvalue weighted by molar-refractivity contribution is 0.253. The average Bonchev–Trinajstić information content (AvgIpc) is 2.05. The Morgan fingerprint density at radius 3 is 2.00 bits per heavy atom. The summed E-state index contributed by atoms with van der Waals surface area (Å²) in [6.45, 7) is 6.06. The number of nitrogens with zero attached hydrogens (tertiary/aromatic N) is 1. The molecule has 0 heterocycles. The quantitative estimate of drug-likeness (QED) is 0.183. The first kappa shape index (κ1) is 15.1. The third-order valence-electron chi connectivity index (χ3n) is 0.751. The Morgan fingerprint density at radius 2 is 1.91 bits per heavy atom. The van der Waals surface area contributed by atoms with Crippen molar-refractivity contribution in [3.8, 4) is 0 Å². The van der Waals surface area contributed by atoms with Crippen LogP contribution in [0, 0.1) is 0 Å². The SMILES string of the molecule is CC.CCC(I)N(I)C(=O)I. The summed E-state index contributed by atoms with van der Waals surface area (Å²) in [6, 6.07) is 0. The molecule has 0 saturated heterocycles. The normalized spacial score (nSPS) is 11.1. The van der Waals surface area contributed by atoms with Gasteiger partial charge in [-0.05, 0) is 6.42 Å². The van der Waals surface area contributed by atoms with Crippen molar-refractivity contribution < 1.29 is 4.79 Å². The van der Waals surface area contributed by atoms with E-state index < -0.39 is 0 Å². The Bertz CT molecular complexity index is 110. The lowest BCUT2D eigenvalue weighted by Crippen LogP contribution is -2.21. The van der Waals surface area contributed by atoms with Gasteiger partial charge in [-0.2, -0.15) is 0 Å². The zero-order chi connectivity index (χ0) is 9.44. The molecule has 0 radical (unpaired) electrons. The molecule has 0 bridgehead atoms. The molecular formula is C6H12I3NO. The summed E-state index contributed by atoms with van der Waals surface area (Å²) in [4.78, 5) is 10.6. The molecule has 0 aliphatic carbocycles. The van der Waals surface area contributed by atoms with Crippen LogP contribution < -0.4 is 0 Å². The van der Waals surface area contributed by atoms with Crippen LogP contribution in [-0.4, -0.2) is 11.1 Å². The highest BCUT2D eigenvalue weighted by molar-refractivity contribution is 14.1. The van der Waals surface area contributed by atoms with Crippen LogP contribution >= 0.6 is 68.0 Å². The third kappa shape index (κ3) is 8.00. The fraction of sp³-hybridized carbons (Fsp3) is 0.833. The van der Waals surface area contributed by atoms with E-state index >= 15 is 0 Å². The number of carbonyl (C=O) groups is 1. The van der Waals surface area contributed by atoms with Gasteiger partial charge >= 0.3 is 0 Å². The predicted octanol–water partition coefficient (Wildman–Crippen LogP) is 4.39. The molecule has 0 aromatic heterocycles. The van der Waals surface area contributed by atoms with E-state index in [1.165, 1.54) is 0 Å². The number of carbonyl (C=O) groups excluding carboxylic acids is 1. The topological polar surface area (TPSA) is 20.3 Å². The van der Waals surface area contributed by atoms with Gasteiger partial charge in [-0.1, -0.05) is 43.4 Å². The predicted molar refractivity (Wildman–Crippen MR) is 74.7 cm³/mol. The first-order valence-electron chi connectivity index (χ1n) is 3.38. The van der Waals surface area contributed by atoms with E-state index in [1.54, 1.807) is 25.7 Å². The molecule has 0 spiro atoms. The fourth-order valence-electron chi connectivity index (χ4n) is 0.270. The van der Waals surface area contributed by atoms with Crippen LogP contribution in [0.2, 0.25) is 0 Å². The van der Waals surface area contributed by atoms with Gasteiger partial charge in [0.25, 0.3) is 3.91 Å². The average molecular weight is 495 g/mol. The maximum Gasteiger partial charge on any atom is 0.292 e.